The van der Waals surface area contributed by atoms with Gasteiger partial charge in [-0.15, -0.1) is 0 Å². The summed E-state index contributed by atoms with van der Waals surface area (Å²) in [6, 6.07) is 3.24. The lowest BCUT2D eigenvalue weighted by Crippen LogP contribution is -2.14. The van der Waals surface area contributed by atoms with Gasteiger partial charge < -0.3 is 5.32 Å². The molecule has 1 amide bonds. The van der Waals surface area contributed by atoms with Gasteiger partial charge in [0.05, 0.1) is 16.9 Å². The standard InChI is InChI=1S/C17H16ClFN6O/c1-17(2,19)12-6-14(23-16(18)22-12)25-11-5-13(21-8-26)20-7-10(11)15(24-25)9-3-4-9/h5-9H,3-4H2,1-2H3,(H,20,21,26). The first-order chi connectivity index (χ1) is 12.4. The van der Waals surface area contributed by atoms with E-state index in [9.17, 15) is 9.18 Å². The Balaban J connectivity index is 1.94. The van der Waals surface area contributed by atoms with E-state index in [2.05, 4.69) is 25.4 Å². The summed E-state index contributed by atoms with van der Waals surface area (Å²) in [4.78, 5) is 23.2. The van der Waals surface area contributed by atoms with Crippen molar-refractivity contribution < 1.29 is 9.18 Å². The number of hydrogen-bond acceptors (Lipinski definition) is 5. The fourth-order valence-electron chi connectivity index (χ4n) is 2.82. The number of alkyl halides is 1. The molecular formula is C17H16ClFN6O. The number of anilines is 1. The lowest BCUT2D eigenvalue weighted by Gasteiger charge is -2.14. The summed E-state index contributed by atoms with van der Waals surface area (Å²) in [5.74, 6) is 1.13. The number of carbonyl (C=O) groups is 1. The van der Waals surface area contributed by atoms with Crippen molar-refractivity contribution in [3.63, 3.8) is 0 Å². The summed E-state index contributed by atoms with van der Waals surface area (Å²) < 4.78 is 16.0. The maximum absolute atomic E-state index is 14.4. The zero-order valence-electron chi connectivity index (χ0n) is 14.2. The second-order valence-electron chi connectivity index (χ2n) is 6.77. The molecule has 0 atom stereocenters. The molecule has 0 aromatic carbocycles. The Kier molecular flexibility index (Phi) is 3.87. The zero-order valence-corrected chi connectivity index (χ0v) is 15.0. The number of nitrogens with zero attached hydrogens (tertiary/aromatic N) is 5. The van der Waals surface area contributed by atoms with Crippen LogP contribution in [0.4, 0.5) is 10.2 Å². The summed E-state index contributed by atoms with van der Waals surface area (Å²) >= 11 is 6.02. The highest BCUT2D eigenvalue weighted by Gasteiger charge is 2.30. The molecule has 0 spiro atoms. The molecule has 3 aromatic rings. The molecule has 26 heavy (non-hydrogen) atoms. The van der Waals surface area contributed by atoms with E-state index in [1.807, 2.05) is 0 Å². The van der Waals surface area contributed by atoms with E-state index in [1.165, 1.54) is 19.9 Å². The van der Waals surface area contributed by atoms with Gasteiger partial charge in [-0.3, -0.25) is 4.79 Å². The van der Waals surface area contributed by atoms with Crippen LogP contribution in [0.25, 0.3) is 16.7 Å². The van der Waals surface area contributed by atoms with Gasteiger partial charge in [-0.25, -0.2) is 19.0 Å². The fourth-order valence-corrected chi connectivity index (χ4v) is 3.00. The molecule has 0 radical (unpaired) electrons. The molecule has 0 unspecified atom stereocenters. The smallest absolute Gasteiger partial charge is 0.224 e. The predicted octanol–water partition coefficient (Wildman–Crippen LogP) is 3.51. The summed E-state index contributed by atoms with van der Waals surface area (Å²) in [7, 11) is 0. The molecule has 9 heteroatoms. The third-order valence-corrected chi connectivity index (χ3v) is 4.45. The second kappa shape index (κ2) is 5.98. The third kappa shape index (κ3) is 3.01. The normalized spacial score (nSPS) is 14.6. The molecule has 0 aliphatic heterocycles. The quantitative estimate of drug-likeness (QED) is 0.545. The SMILES string of the molecule is CC(C)(F)c1cc(-n2nc(C3CC3)c3cnc(NC=O)cc32)nc(Cl)n1. The van der Waals surface area contributed by atoms with Gasteiger partial charge in [0.2, 0.25) is 11.7 Å². The molecule has 0 saturated heterocycles. The zero-order chi connectivity index (χ0) is 18.5. The molecule has 7 nitrogen and oxygen atoms in total. The van der Waals surface area contributed by atoms with Gasteiger partial charge >= 0.3 is 0 Å². The predicted molar refractivity (Wildman–Crippen MR) is 95.3 cm³/mol. The van der Waals surface area contributed by atoms with Gasteiger partial charge in [0.1, 0.15) is 11.5 Å². The molecule has 0 bridgehead atoms. The molecule has 1 aliphatic carbocycles. The number of halogens is 2. The highest BCUT2D eigenvalue weighted by Crippen LogP contribution is 2.43. The number of nitrogens with one attached hydrogen (secondary N) is 1. The van der Waals surface area contributed by atoms with Crippen molar-refractivity contribution in [3.05, 3.63) is 35.0 Å². The van der Waals surface area contributed by atoms with Crippen LogP contribution in [-0.2, 0) is 10.5 Å². The minimum atomic E-state index is -1.67. The molecular weight excluding hydrogens is 359 g/mol. The third-order valence-electron chi connectivity index (χ3n) is 4.28. The highest BCUT2D eigenvalue weighted by molar-refractivity contribution is 6.28. The van der Waals surface area contributed by atoms with E-state index in [-0.39, 0.29) is 11.0 Å². The Bertz CT molecular complexity index is 1010. The monoisotopic (exact) mass is 374 g/mol. The molecule has 1 N–H and O–H groups in total. The Labute approximate surface area is 153 Å². The van der Waals surface area contributed by atoms with Crippen molar-refractivity contribution in [2.75, 3.05) is 5.32 Å². The van der Waals surface area contributed by atoms with Crippen LogP contribution in [0.2, 0.25) is 5.28 Å². The number of aromatic nitrogens is 5. The van der Waals surface area contributed by atoms with Crippen LogP contribution in [0.3, 0.4) is 0 Å². The van der Waals surface area contributed by atoms with Gasteiger partial charge in [-0.2, -0.15) is 10.1 Å². The number of pyridine rings is 1. The van der Waals surface area contributed by atoms with E-state index in [0.717, 1.165) is 23.9 Å². The van der Waals surface area contributed by atoms with E-state index in [1.54, 1.807) is 16.9 Å². The average molecular weight is 375 g/mol. The molecule has 3 heterocycles. The first-order valence-electron chi connectivity index (χ1n) is 8.20. The topological polar surface area (TPSA) is 85.6 Å². The first-order valence-corrected chi connectivity index (χ1v) is 8.58. The molecule has 1 saturated carbocycles. The number of amides is 1. The van der Waals surface area contributed by atoms with Crippen molar-refractivity contribution in [2.24, 2.45) is 0 Å². The van der Waals surface area contributed by atoms with Crippen LogP contribution < -0.4 is 5.32 Å². The Hall–Kier alpha value is -2.61. The van der Waals surface area contributed by atoms with Crippen LogP contribution in [0.15, 0.2) is 18.3 Å². The van der Waals surface area contributed by atoms with Crippen molar-refractivity contribution >= 4 is 34.7 Å². The number of rotatable bonds is 5. The van der Waals surface area contributed by atoms with Crippen LogP contribution in [-0.4, -0.2) is 31.1 Å². The molecule has 4 rings (SSSR count). The van der Waals surface area contributed by atoms with Gasteiger partial charge in [0.15, 0.2) is 5.82 Å². The largest absolute Gasteiger partial charge is 0.313 e. The lowest BCUT2D eigenvalue weighted by molar-refractivity contribution is -0.105. The highest BCUT2D eigenvalue weighted by atomic mass is 35.5. The fraction of sp³-hybridized carbons (Fsp3) is 0.353. The second-order valence-corrected chi connectivity index (χ2v) is 7.11. The molecule has 1 fully saturated rings. The van der Waals surface area contributed by atoms with E-state index in [0.29, 0.717) is 29.5 Å². The van der Waals surface area contributed by atoms with Crippen LogP contribution in [0.1, 0.15) is 44.0 Å². The minimum absolute atomic E-state index is 0.0554. The van der Waals surface area contributed by atoms with Crippen LogP contribution in [0, 0.1) is 0 Å². The van der Waals surface area contributed by atoms with Gasteiger partial charge in [-0.05, 0) is 38.3 Å². The number of carbonyl (C=O) groups excluding carboxylic acids is 1. The minimum Gasteiger partial charge on any atom is -0.313 e. The Morgan fingerprint density at radius 3 is 2.77 bits per heavy atom. The maximum atomic E-state index is 14.4. The van der Waals surface area contributed by atoms with Crippen molar-refractivity contribution in [1.29, 1.82) is 0 Å². The Morgan fingerprint density at radius 2 is 2.12 bits per heavy atom. The average Bonchev–Trinajstić information content (AvgIpc) is 3.35. The van der Waals surface area contributed by atoms with E-state index >= 15 is 0 Å². The summed E-state index contributed by atoms with van der Waals surface area (Å²) in [6.07, 6.45) is 4.37. The van der Waals surface area contributed by atoms with E-state index in [4.69, 9.17) is 11.6 Å². The van der Waals surface area contributed by atoms with Crippen LogP contribution >= 0.6 is 11.6 Å². The lowest BCUT2D eigenvalue weighted by atomic mass is 10.1. The Morgan fingerprint density at radius 1 is 1.35 bits per heavy atom. The van der Waals surface area contributed by atoms with Crippen LogP contribution in [0.5, 0.6) is 0 Å². The summed E-state index contributed by atoms with van der Waals surface area (Å²) in [5, 5.41) is 8.02. The molecule has 1 aliphatic rings. The number of hydrogen-bond donors (Lipinski definition) is 1. The van der Waals surface area contributed by atoms with Crippen molar-refractivity contribution in [1.82, 2.24) is 24.7 Å². The maximum Gasteiger partial charge on any atom is 0.224 e. The van der Waals surface area contributed by atoms with Gasteiger partial charge in [0, 0.05) is 29.6 Å². The number of fused-ring (bicyclic) bond motifs is 1. The first kappa shape index (κ1) is 16.8. The summed E-state index contributed by atoms with van der Waals surface area (Å²) in [6.45, 7) is 2.81. The molecule has 3 aromatic heterocycles. The van der Waals surface area contributed by atoms with Gasteiger partial charge in [-0.1, -0.05) is 0 Å². The van der Waals surface area contributed by atoms with E-state index < -0.39 is 5.67 Å². The van der Waals surface area contributed by atoms with Crippen molar-refractivity contribution in [3.8, 4) is 5.82 Å². The molecule has 134 valence electrons. The van der Waals surface area contributed by atoms with Gasteiger partial charge in [0.25, 0.3) is 0 Å². The van der Waals surface area contributed by atoms with Crippen molar-refractivity contribution in [2.45, 2.75) is 38.3 Å². The summed E-state index contributed by atoms with van der Waals surface area (Å²) in [5.41, 5.74) is 0.129.